The number of Topliss-reactive ketones (excluding diaryl/α,β-unsaturated/α-hetero) is 1. The van der Waals surface area contributed by atoms with Crippen molar-refractivity contribution in [3.8, 4) is 11.5 Å². The quantitative estimate of drug-likeness (QED) is 0.604. The summed E-state index contributed by atoms with van der Waals surface area (Å²) in [4.78, 5) is 19.4. The van der Waals surface area contributed by atoms with Gasteiger partial charge in [-0.1, -0.05) is 18.2 Å². The van der Waals surface area contributed by atoms with E-state index in [0.717, 1.165) is 22.6 Å². The van der Waals surface area contributed by atoms with Gasteiger partial charge in [-0.25, -0.2) is 4.39 Å². The SMILES string of the molecule is Cc1c2c(cc3c1O/C(=C/c1ccc(F)cc1)C3=O)CN(Cc1ccccn1)CO2. The van der Waals surface area contributed by atoms with Crippen molar-refractivity contribution in [2.75, 3.05) is 6.73 Å². The monoisotopic (exact) mass is 402 g/mol. The van der Waals surface area contributed by atoms with Crippen LogP contribution in [0.2, 0.25) is 0 Å². The number of hydrogen-bond acceptors (Lipinski definition) is 5. The summed E-state index contributed by atoms with van der Waals surface area (Å²) in [5, 5.41) is 0. The third-order valence-corrected chi connectivity index (χ3v) is 5.28. The summed E-state index contributed by atoms with van der Waals surface area (Å²) in [6, 6.07) is 13.6. The summed E-state index contributed by atoms with van der Waals surface area (Å²) in [6.45, 7) is 3.66. The number of nitrogens with zero attached hydrogens (tertiary/aromatic N) is 2. The molecule has 5 rings (SSSR count). The van der Waals surface area contributed by atoms with Crippen molar-refractivity contribution in [2.24, 2.45) is 0 Å². The zero-order valence-electron chi connectivity index (χ0n) is 16.4. The van der Waals surface area contributed by atoms with Gasteiger partial charge >= 0.3 is 0 Å². The van der Waals surface area contributed by atoms with Crippen molar-refractivity contribution in [1.82, 2.24) is 9.88 Å². The Kier molecular flexibility index (Phi) is 4.56. The first-order valence-corrected chi connectivity index (χ1v) is 9.70. The van der Waals surface area contributed by atoms with Crippen LogP contribution in [0.25, 0.3) is 6.08 Å². The number of carbonyl (C=O) groups excluding carboxylic acids is 1. The minimum Gasteiger partial charge on any atom is -0.477 e. The first-order valence-electron chi connectivity index (χ1n) is 9.70. The van der Waals surface area contributed by atoms with Gasteiger partial charge in [0.2, 0.25) is 5.78 Å². The molecule has 0 spiro atoms. The van der Waals surface area contributed by atoms with Crippen LogP contribution in [0.1, 0.15) is 32.7 Å². The van der Waals surface area contributed by atoms with E-state index in [0.29, 0.717) is 36.7 Å². The molecule has 30 heavy (non-hydrogen) atoms. The number of rotatable bonds is 3. The van der Waals surface area contributed by atoms with Crippen LogP contribution in [0.5, 0.6) is 11.5 Å². The molecule has 0 atom stereocenters. The van der Waals surface area contributed by atoms with Crippen molar-refractivity contribution in [2.45, 2.75) is 20.0 Å². The van der Waals surface area contributed by atoms with Gasteiger partial charge in [0.15, 0.2) is 5.76 Å². The summed E-state index contributed by atoms with van der Waals surface area (Å²) < 4.78 is 25.0. The molecule has 0 N–H and O–H groups in total. The highest BCUT2D eigenvalue weighted by Gasteiger charge is 2.33. The molecule has 2 aliphatic heterocycles. The molecule has 0 fully saturated rings. The molecule has 2 aliphatic rings. The Balaban J connectivity index is 1.43. The Morgan fingerprint density at radius 2 is 2.00 bits per heavy atom. The maximum atomic E-state index is 13.1. The number of hydrogen-bond donors (Lipinski definition) is 0. The average molecular weight is 402 g/mol. The number of ketones is 1. The second-order valence-electron chi connectivity index (χ2n) is 7.44. The van der Waals surface area contributed by atoms with Crippen LogP contribution < -0.4 is 9.47 Å². The number of ether oxygens (including phenoxy) is 2. The van der Waals surface area contributed by atoms with Crippen molar-refractivity contribution < 1.29 is 18.7 Å². The topological polar surface area (TPSA) is 51.7 Å². The molecule has 0 amide bonds. The molecule has 0 saturated heterocycles. The molecule has 5 nitrogen and oxygen atoms in total. The second kappa shape index (κ2) is 7.39. The predicted octanol–water partition coefficient (Wildman–Crippen LogP) is 4.50. The van der Waals surface area contributed by atoms with Crippen LogP contribution in [0.4, 0.5) is 4.39 Å². The summed E-state index contributed by atoms with van der Waals surface area (Å²) in [5.41, 5.74) is 3.96. The Hall–Kier alpha value is -3.51. The van der Waals surface area contributed by atoms with E-state index in [1.165, 1.54) is 12.1 Å². The van der Waals surface area contributed by atoms with Crippen LogP contribution in [0.15, 0.2) is 60.5 Å². The largest absolute Gasteiger partial charge is 0.477 e. The molecule has 0 unspecified atom stereocenters. The molecule has 150 valence electrons. The van der Waals surface area contributed by atoms with E-state index in [2.05, 4.69) is 9.88 Å². The van der Waals surface area contributed by atoms with Crippen LogP contribution >= 0.6 is 0 Å². The van der Waals surface area contributed by atoms with Gasteiger partial charge in [-0.05, 0) is 48.9 Å². The third kappa shape index (κ3) is 3.35. The molecule has 1 aromatic heterocycles. The van der Waals surface area contributed by atoms with Gasteiger partial charge in [-0.2, -0.15) is 0 Å². The van der Waals surface area contributed by atoms with E-state index in [4.69, 9.17) is 9.47 Å². The van der Waals surface area contributed by atoms with Crippen LogP contribution in [-0.2, 0) is 13.1 Å². The van der Waals surface area contributed by atoms with Crippen molar-refractivity contribution in [1.29, 1.82) is 0 Å². The van der Waals surface area contributed by atoms with Crippen LogP contribution in [0, 0.1) is 12.7 Å². The first-order chi connectivity index (χ1) is 14.6. The zero-order valence-corrected chi connectivity index (χ0v) is 16.4. The van der Waals surface area contributed by atoms with Gasteiger partial charge in [0, 0.05) is 30.4 Å². The molecule has 0 saturated carbocycles. The van der Waals surface area contributed by atoms with Gasteiger partial charge in [0.25, 0.3) is 0 Å². The highest BCUT2D eigenvalue weighted by atomic mass is 19.1. The Morgan fingerprint density at radius 1 is 1.17 bits per heavy atom. The lowest BCUT2D eigenvalue weighted by Crippen LogP contribution is -2.32. The van der Waals surface area contributed by atoms with Crippen LogP contribution in [-0.4, -0.2) is 22.4 Å². The fourth-order valence-corrected chi connectivity index (χ4v) is 3.83. The van der Waals surface area contributed by atoms with E-state index < -0.39 is 0 Å². The first kappa shape index (κ1) is 18.5. The number of aromatic nitrogens is 1. The fraction of sp³-hybridized carbons (Fsp3) is 0.167. The summed E-state index contributed by atoms with van der Waals surface area (Å²) in [5.74, 6) is 1.02. The van der Waals surface area contributed by atoms with E-state index >= 15 is 0 Å². The predicted molar refractivity (Wildman–Crippen MR) is 109 cm³/mol. The zero-order chi connectivity index (χ0) is 20.7. The third-order valence-electron chi connectivity index (χ3n) is 5.28. The van der Waals surface area contributed by atoms with Crippen molar-refractivity contribution in [3.63, 3.8) is 0 Å². The molecule has 0 bridgehead atoms. The molecule has 3 aromatic rings. The number of carbonyl (C=O) groups is 1. The van der Waals surface area contributed by atoms with Crippen molar-refractivity contribution in [3.05, 3.63) is 94.3 Å². The molecule has 0 radical (unpaired) electrons. The van der Waals surface area contributed by atoms with Gasteiger partial charge in [-0.3, -0.25) is 14.7 Å². The maximum absolute atomic E-state index is 13.1. The van der Waals surface area contributed by atoms with E-state index in [-0.39, 0.29) is 17.4 Å². The molecular weight excluding hydrogens is 383 g/mol. The Morgan fingerprint density at radius 3 is 2.77 bits per heavy atom. The Labute approximate surface area is 173 Å². The molecule has 0 aliphatic carbocycles. The van der Waals surface area contributed by atoms with Gasteiger partial charge in [-0.15, -0.1) is 0 Å². The van der Waals surface area contributed by atoms with E-state index in [1.54, 1.807) is 24.4 Å². The van der Waals surface area contributed by atoms with E-state index in [9.17, 15) is 9.18 Å². The highest BCUT2D eigenvalue weighted by Crippen LogP contribution is 2.43. The number of benzene rings is 2. The summed E-state index contributed by atoms with van der Waals surface area (Å²) >= 11 is 0. The lowest BCUT2D eigenvalue weighted by molar-refractivity contribution is 0.0865. The molecule has 2 aromatic carbocycles. The lowest BCUT2D eigenvalue weighted by Gasteiger charge is -2.30. The molecule has 3 heterocycles. The highest BCUT2D eigenvalue weighted by molar-refractivity contribution is 6.15. The van der Waals surface area contributed by atoms with Crippen LogP contribution in [0.3, 0.4) is 0 Å². The van der Waals surface area contributed by atoms with Gasteiger partial charge < -0.3 is 9.47 Å². The van der Waals surface area contributed by atoms with Gasteiger partial charge in [0.1, 0.15) is 24.0 Å². The minimum atomic E-state index is -0.324. The smallest absolute Gasteiger partial charge is 0.231 e. The number of pyridine rings is 1. The maximum Gasteiger partial charge on any atom is 0.231 e. The number of allylic oxidation sites excluding steroid dienone is 1. The normalized spacial score (nSPS) is 16.7. The van der Waals surface area contributed by atoms with Gasteiger partial charge in [0.05, 0.1) is 11.3 Å². The number of fused-ring (bicyclic) bond motifs is 2. The average Bonchev–Trinajstić information content (AvgIpc) is 3.06. The Bertz CT molecular complexity index is 1160. The van der Waals surface area contributed by atoms with E-state index in [1.807, 2.05) is 31.2 Å². The van der Waals surface area contributed by atoms with Crippen molar-refractivity contribution >= 4 is 11.9 Å². The summed E-state index contributed by atoms with van der Waals surface area (Å²) in [7, 11) is 0. The standard InChI is InChI=1S/C24H19FN2O3/c1-15-23-17(12-27(14-29-23)13-19-4-2-3-9-26-19)11-20-22(28)21(30-24(15)20)10-16-5-7-18(25)8-6-16/h2-11H,12-14H2,1H3/b21-10+. The summed E-state index contributed by atoms with van der Waals surface area (Å²) in [6.07, 6.45) is 3.41. The second-order valence-corrected chi connectivity index (χ2v) is 7.44. The lowest BCUT2D eigenvalue weighted by atomic mass is 10.00. The number of halogens is 1. The molecular formula is C24H19FN2O3. The minimum absolute atomic E-state index is 0.179. The molecule has 6 heteroatoms. The fourth-order valence-electron chi connectivity index (χ4n) is 3.83.